The fourth-order valence-electron chi connectivity index (χ4n) is 3.97. The normalized spacial score (nSPS) is 21.0. The Hall–Kier alpha value is -2.28. The van der Waals surface area contributed by atoms with Crippen LogP contribution in [0.3, 0.4) is 0 Å². The quantitative estimate of drug-likeness (QED) is 0.793. The van der Waals surface area contributed by atoms with Crippen molar-refractivity contribution in [3.05, 3.63) is 24.3 Å². The van der Waals surface area contributed by atoms with Crippen LogP contribution in [0.5, 0.6) is 5.75 Å². The van der Waals surface area contributed by atoms with Crippen molar-refractivity contribution in [2.45, 2.75) is 26.3 Å². The molecule has 1 aromatic carbocycles. The van der Waals surface area contributed by atoms with Gasteiger partial charge in [-0.05, 0) is 30.2 Å². The molecular weight excluding hydrogens is 356 g/mol. The van der Waals surface area contributed by atoms with E-state index in [0.717, 1.165) is 37.6 Å². The molecule has 1 unspecified atom stereocenters. The number of nitrogens with one attached hydrogen (secondary N) is 1. The number of carbonyl (C=O) groups excluding carboxylic acids is 2. The molecule has 0 aromatic heterocycles. The number of ether oxygens (including phenoxy) is 1. The SMILES string of the molecule is COc1ccc(N2CCN(C(=O)CC3C(=O)NCCN3CC(C)C)CC2)cc1. The van der Waals surface area contributed by atoms with Crippen molar-refractivity contribution in [1.82, 2.24) is 15.1 Å². The largest absolute Gasteiger partial charge is 0.497 e. The van der Waals surface area contributed by atoms with Crippen molar-refractivity contribution in [1.29, 1.82) is 0 Å². The van der Waals surface area contributed by atoms with Gasteiger partial charge in [-0.15, -0.1) is 0 Å². The molecule has 2 saturated heterocycles. The Morgan fingerprint density at radius 2 is 1.82 bits per heavy atom. The first-order chi connectivity index (χ1) is 13.5. The molecule has 0 radical (unpaired) electrons. The van der Waals surface area contributed by atoms with Gasteiger partial charge in [0, 0.05) is 51.5 Å². The molecule has 1 N–H and O–H groups in total. The van der Waals surface area contributed by atoms with Gasteiger partial charge in [0.25, 0.3) is 0 Å². The van der Waals surface area contributed by atoms with E-state index in [1.54, 1.807) is 7.11 Å². The van der Waals surface area contributed by atoms with Gasteiger partial charge in [-0.1, -0.05) is 13.8 Å². The van der Waals surface area contributed by atoms with Crippen LogP contribution in [0.15, 0.2) is 24.3 Å². The highest BCUT2D eigenvalue weighted by Crippen LogP contribution is 2.21. The van der Waals surface area contributed by atoms with E-state index >= 15 is 0 Å². The second kappa shape index (κ2) is 9.28. The predicted octanol–water partition coefficient (Wildman–Crippen LogP) is 1.19. The van der Waals surface area contributed by atoms with Crippen LogP contribution in [0.2, 0.25) is 0 Å². The van der Waals surface area contributed by atoms with E-state index < -0.39 is 0 Å². The van der Waals surface area contributed by atoms with Crippen molar-refractivity contribution in [2.75, 3.05) is 57.8 Å². The molecule has 7 nitrogen and oxygen atoms in total. The molecule has 1 atom stereocenters. The molecule has 2 fully saturated rings. The van der Waals surface area contributed by atoms with Gasteiger partial charge >= 0.3 is 0 Å². The van der Waals surface area contributed by atoms with E-state index in [9.17, 15) is 9.59 Å². The minimum atomic E-state index is -0.344. The Bertz CT molecular complexity index is 669. The van der Waals surface area contributed by atoms with E-state index in [2.05, 4.69) is 29.0 Å². The van der Waals surface area contributed by atoms with E-state index in [1.807, 2.05) is 29.2 Å². The lowest BCUT2D eigenvalue weighted by atomic mass is 10.0. The van der Waals surface area contributed by atoms with Gasteiger partial charge in [-0.2, -0.15) is 0 Å². The molecule has 2 aliphatic heterocycles. The van der Waals surface area contributed by atoms with Gasteiger partial charge in [0.05, 0.1) is 19.6 Å². The van der Waals surface area contributed by atoms with Crippen LogP contribution in [-0.2, 0) is 9.59 Å². The number of hydrogen-bond acceptors (Lipinski definition) is 5. The minimum Gasteiger partial charge on any atom is -0.497 e. The van der Waals surface area contributed by atoms with Crippen molar-refractivity contribution in [3.8, 4) is 5.75 Å². The van der Waals surface area contributed by atoms with Crippen LogP contribution in [0.25, 0.3) is 0 Å². The number of rotatable bonds is 6. The average molecular weight is 389 g/mol. The zero-order valence-electron chi connectivity index (χ0n) is 17.2. The molecule has 28 heavy (non-hydrogen) atoms. The highest BCUT2D eigenvalue weighted by molar-refractivity contribution is 5.89. The van der Waals surface area contributed by atoms with Crippen molar-refractivity contribution < 1.29 is 14.3 Å². The number of anilines is 1. The standard InChI is InChI=1S/C21H32N4O3/c1-16(2)15-25-9-8-22-21(27)19(25)14-20(26)24-12-10-23(11-13-24)17-4-6-18(28-3)7-5-17/h4-7,16,19H,8-15H2,1-3H3,(H,22,27). The van der Waals surface area contributed by atoms with Crippen molar-refractivity contribution >= 4 is 17.5 Å². The van der Waals surface area contributed by atoms with Gasteiger partial charge in [-0.3, -0.25) is 14.5 Å². The highest BCUT2D eigenvalue weighted by atomic mass is 16.5. The third-order valence-electron chi connectivity index (χ3n) is 5.48. The van der Waals surface area contributed by atoms with Gasteiger partial charge in [0.2, 0.25) is 11.8 Å². The van der Waals surface area contributed by atoms with Gasteiger partial charge in [-0.25, -0.2) is 0 Å². The Morgan fingerprint density at radius 3 is 2.43 bits per heavy atom. The number of amides is 2. The van der Waals surface area contributed by atoms with Crippen LogP contribution in [0.4, 0.5) is 5.69 Å². The molecule has 2 amide bonds. The number of methoxy groups -OCH3 is 1. The average Bonchev–Trinajstić information content (AvgIpc) is 2.70. The second-order valence-corrected chi connectivity index (χ2v) is 7.97. The molecule has 0 bridgehead atoms. The summed E-state index contributed by atoms with van der Waals surface area (Å²) < 4.78 is 5.21. The third-order valence-corrected chi connectivity index (χ3v) is 5.48. The van der Waals surface area contributed by atoms with E-state index in [-0.39, 0.29) is 24.3 Å². The van der Waals surface area contributed by atoms with Crippen LogP contribution in [0, 0.1) is 5.92 Å². The smallest absolute Gasteiger partial charge is 0.237 e. The first-order valence-corrected chi connectivity index (χ1v) is 10.2. The second-order valence-electron chi connectivity index (χ2n) is 7.97. The summed E-state index contributed by atoms with van der Waals surface area (Å²) in [7, 11) is 1.66. The fraction of sp³-hybridized carbons (Fsp3) is 0.619. The van der Waals surface area contributed by atoms with Crippen molar-refractivity contribution in [2.24, 2.45) is 5.92 Å². The predicted molar refractivity (Wildman–Crippen MR) is 110 cm³/mol. The maximum atomic E-state index is 12.9. The Kier molecular flexibility index (Phi) is 6.78. The zero-order valence-corrected chi connectivity index (χ0v) is 17.2. The molecule has 7 heteroatoms. The number of hydrogen-bond donors (Lipinski definition) is 1. The molecular formula is C21H32N4O3. The lowest BCUT2D eigenvalue weighted by Crippen LogP contribution is -2.58. The Balaban J connectivity index is 1.54. The summed E-state index contributed by atoms with van der Waals surface area (Å²) >= 11 is 0. The van der Waals surface area contributed by atoms with Gasteiger partial charge < -0.3 is 19.9 Å². The lowest BCUT2D eigenvalue weighted by molar-refractivity contribution is -0.139. The molecule has 3 rings (SSSR count). The summed E-state index contributed by atoms with van der Waals surface area (Å²) in [6.45, 7) is 9.57. The summed E-state index contributed by atoms with van der Waals surface area (Å²) in [5.41, 5.74) is 1.14. The molecule has 0 spiro atoms. The lowest BCUT2D eigenvalue weighted by Gasteiger charge is -2.39. The number of nitrogens with zero attached hydrogens (tertiary/aromatic N) is 3. The van der Waals surface area contributed by atoms with Gasteiger partial charge in [0.15, 0.2) is 0 Å². The third kappa shape index (κ3) is 4.95. The summed E-state index contributed by atoms with van der Waals surface area (Å²) in [6.07, 6.45) is 0.265. The minimum absolute atomic E-state index is 0.0166. The maximum Gasteiger partial charge on any atom is 0.237 e. The molecule has 154 valence electrons. The molecule has 0 saturated carbocycles. The van der Waals surface area contributed by atoms with Crippen molar-refractivity contribution in [3.63, 3.8) is 0 Å². The van der Waals surface area contributed by atoms with Crippen LogP contribution < -0.4 is 15.0 Å². The first-order valence-electron chi connectivity index (χ1n) is 10.2. The van der Waals surface area contributed by atoms with E-state index in [0.29, 0.717) is 25.6 Å². The number of piperazine rings is 2. The number of carbonyl (C=O) groups is 2. The fourth-order valence-corrected chi connectivity index (χ4v) is 3.97. The monoisotopic (exact) mass is 388 g/mol. The molecule has 2 heterocycles. The topological polar surface area (TPSA) is 65.1 Å². The van der Waals surface area contributed by atoms with E-state index in [4.69, 9.17) is 4.74 Å². The van der Waals surface area contributed by atoms with Crippen LogP contribution in [0.1, 0.15) is 20.3 Å². The highest BCUT2D eigenvalue weighted by Gasteiger charge is 2.33. The maximum absolute atomic E-state index is 12.9. The summed E-state index contributed by atoms with van der Waals surface area (Å²) in [5, 5.41) is 2.91. The van der Waals surface area contributed by atoms with Crippen LogP contribution >= 0.6 is 0 Å². The molecule has 1 aromatic rings. The summed E-state index contributed by atoms with van der Waals surface area (Å²) in [4.78, 5) is 31.5. The van der Waals surface area contributed by atoms with E-state index in [1.165, 1.54) is 0 Å². The molecule has 2 aliphatic rings. The Morgan fingerprint density at radius 1 is 1.14 bits per heavy atom. The first kappa shape index (κ1) is 20.5. The molecule has 0 aliphatic carbocycles. The zero-order chi connectivity index (χ0) is 20.1. The number of benzene rings is 1. The Labute approximate surface area is 167 Å². The summed E-state index contributed by atoms with van der Waals surface area (Å²) in [6, 6.07) is 7.66. The van der Waals surface area contributed by atoms with Crippen LogP contribution in [-0.4, -0.2) is 80.6 Å². The summed E-state index contributed by atoms with van der Waals surface area (Å²) in [5.74, 6) is 1.37. The van der Waals surface area contributed by atoms with Gasteiger partial charge in [0.1, 0.15) is 5.75 Å².